The van der Waals surface area contributed by atoms with Gasteiger partial charge in [-0.2, -0.15) is 0 Å². The fraction of sp³-hybridized carbons (Fsp3) is 0.833. The summed E-state index contributed by atoms with van der Waals surface area (Å²) < 4.78 is 10.6. The Bertz CT molecular complexity index is 345. The molecular weight excluding hydrogens is 238 g/mol. The minimum absolute atomic E-state index is 0.218. The predicted molar refractivity (Wildman–Crippen MR) is 64.4 cm³/mol. The molecule has 1 amide bonds. The van der Waals surface area contributed by atoms with Gasteiger partial charge < -0.3 is 14.6 Å². The number of hydrogen-bond donors (Lipinski definition) is 1. The Hall–Kier alpha value is -1.30. The molecule has 1 heterocycles. The number of aliphatic carboxylic acids is 1. The molecule has 0 saturated carbocycles. The third-order valence-electron chi connectivity index (χ3n) is 2.64. The number of carbonyl (C=O) groups excluding carboxylic acids is 1. The highest BCUT2D eigenvalue weighted by Gasteiger charge is 2.47. The summed E-state index contributed by atoms with van der Waals surface area (Å²) in [6, 6.07) is -1.04. The van der Waals surface area contributed by atoms with Gasteiger partial charge in [-0.05, 0) is 34.6 Å². The standard InChI is InChI=1S/C12H21NO5/c1-11(2,3)18-10(16)13-6-7-17-12(4,5)8(13)9(14)15/h8H,6-7H2,1-5H3,(H,14,15). The van der Waals surface area contributed by atoms with E-state index in [1.165, 1.54) is 4.90 Å². The Balaban J connectivity index is 2.91. The average Bonchev–Trinajstić information content (AvgIpc) is 2.11. The van der Waals surface area contributed by atoms with Crippen molar-refractivity contribution in [2.45, 2.75) is 51.9 Å². The lowest BCUT2D eigenvalue weighted by atomic mass is 9.95. The minimum Gasteiger partial charge on any atom is -0.480 e. The lowest BCUT2D eigenvalue weighted by Crippen LogP contribution is -2.62. The zero-order valence-corrected chi connectivity index (χ0v) is 11.5. The van der Waals surface area contributed by atoms with Crippen LogP contribution in [0.4, 0.5) is 4.79 Å². The molecule has 1 aliphatic rings. The molecule has 0 aromatic heterocycles. The zero-order chi connectivity index (χ0) is 14.1. The van der Waals surface area contributed by atoms with Crippen molar-refractivity contribution in [3.8, 4) is 0 Å². The molecule has 0 spiro atoms. The Morgan fingerprint density at radius 3 is 2.39 bits per heavy atom. The fourth-order valence-electron chi connectivity index (χ4n) is 1.94. The molecule has 1 rings (SSSR count). The van der Waals surface area contributed by atoms with Crippen LogP contribution < -0.4 is 0 Å². The van der Waals surface area contributed by atoms with E-state index < -0.39 is 29.3 Å². The topological polar surface area (TPSA) is 76.1 Å². The molecule has 6 nitrogen and oxygen atoms in total. The lowest BCUT2D eigenvalue weighted by Gasteiger charge is -2.43. The summed E-state index contributed by atoms with van der Waals surface area (Å²) in [7, 11) is 0. The second-order valence-electron chi connectivity index (χ2n) is 5.87. The smallest absolute Gasteiger partial charge is 0.411 e. The molecule has 1 N–H and O–H groups in total. The highest BCUT2D eigenvalue weighted by Crippen LogP contribution is 2.26. The van der Waals surface area contributed by atoms with Crippen molar-refractivity contribution in [1.29, 1.82) is 0 Å². The van der Waals surface area contributed by atoms with E-state index in [0.717, 1.165) is 0 Å². The fourth-order valence-corrected chi connectivity index (χ4v) is 1.94. The molecule has 0 aliphatic carbocycles. The summed E-state index contributed by atoms with van der Waals surface area (Å²) in [5.41, 5.74) is -1.58. The van der Waals surface area contributed by atoms with Gasteiger partial charge in [-0.1, -0.05) is 0 Å². The van der Waals surface area contributed by atoms with Crippen LogP contribution in [-0.4, -0.2) is 52.5 Å². The van der Waals surface area contributed by atoms with Gasteiger partial charge in [-0.25, -0.2) is 9.59 Å². The first kappa shape index (κ1) is 14.8. The summed E-state index contributed by atoms with van der Waals surface area (Å²) >= 11 is 0. The van der Waals surface area contributed by atoms with Crippen molar-refractivity contribution >= 4 is 12.1 Å². The summed E-state index contributed by atoms with van der Waals surface area (Å²) in [4.78, 5) is 24.5. The predicted octanol–water partition coefficient (Wildman–Crippen LogP) is 1.49. The van der Waals surface area contributed by atoms with Gasteiger partial charge in [-0.3, -0.25) is 4.90 Å². The molecule has 1 atom stereocenters. The van der Waals surface area contributed by atoms with Crippen molar-refractivity contribution in [3.05, 3.63) is 0 Å². The molecule has 1 saturated heterocycles. The summed E-state index contributed by atoms with van der Waals surface area (Å²) in [6.07, 6.45) is -0.619. The lowest BCUT2D eigenvalue weighted by molar-refractivity contribution is -0.169. The molecular formula is C12H21NO5. The van der Waals surface area contributed by atoms with E-state index in [1.807, 2.05) is 0 Å². The molecule has 6 heteroatoms. The Labute approximate surface area is 107 Å². The Morgan fingerprint density at radius 1 is 1.39 bits per heavy atom. The van der Waals surface area contributed by atoms with E-state index in [-0.39, 0.29) is 6.54 Å². The van der Waals surface area contributed by atoms with Crippen molar-refractivity contribution in [2.75, 3.05) is 13.2 Å². The maximum absolute atomic E-state index is 12.0. The maximum Gasteiger partial charge on any atom is 0.411 e. The van der Waals surface area contributed by atoms with Crippen molar-refractivity contribution in [1.82, 2.24) is 4.90 Å². The van der Waals surface area contributed by atoms with Crippen LogP contribution >= 0.6 is 0 Å². The third kappa shape index (κ3) is 3.35. The summed E-state index contributed by atoms with van der Waals surface area (Å²) in [6.45, 7) is 9.06. The molecule has 18 heavy (non-hydrogen) atoms. The average molecular weight is 259 g/mol. The summed E-state index contributed by atoms with van der Waals surface area (Å²) in [5.74, 6) is -1.09. The second-order valence-corrected chi connectivity index (χ2v) is 5.87. The van der Waals surface area contributed by atoms with Crippen LogP contribution in [0, 0.1) is 0 Å². The highest BCUT2D eigenvalue weighted by molar-refractivity contribution is 5.81. The highest BCUT2D eigenvalue weighted by atomic mass is 16.6. The summed E-state index contributed by atoms with van der Waals surface area (Å²) in [5, 5.41) is 9.26. The normalized spacial score (nSPS) is 23.6. The maximum atomic E-state index is 12.0. The van der Waals surface area contributed by atoms with Crippen LogP contribution in [-0.2, 0) is 14.3 Å². The SMILES string of the molecule is CC(C)(C)OC(=O)N1CCOC(C)(C)C1C(=O)O. The van der Waals surface area contributed by atoms with Crippen LogP contribution in [0.5, 0.6) is 0 Å². The van der Waals surface area contributed by atoms with Crippen LogP contribution in [0.3, 0.4) is 0 Å². The van der Waals surface area contributed by atoms with Crippen LogP contribution in [0.1, 0.15) is 34.6 Å². The molecule has 0 radical (unpaired) electrons. The van der Waals surface area contributed by atoms with Gasteiger partial charge in [0.2, 0.25) is 0 Å². The second kappa shape index (κ2) is 4.76. The number of nitrogens with zero attached hydrogens (tertiary/aromatic N) is 1. The third-order valence-corrected chi connectivity index (χ3v) is 2.64. The van der Waals surface area contributed by atoms with Gasteiger partial charge in [-0.15, -0.1) is 0 Å². The first-order chi connectivity index (χ1) is 8.04. The van der Waals surface area contributed by atoms with E-state index in [2.05, 4.69) is 0 Å². The van der Waals surface area contributed by atoms with Gasteiger partial charge in [0.15, 0.2) is 6.04 Å². The number of ether oxygens (including phenoxy) is 2. The molecule has 1 unspecified atom stereocenters. The number of carboxylic acids is 1. The Kier molecular flexibility index (Phi) is 3.90. The van der Waals surface area contributed by atoms with Crippen molar-refractivity contribution in [2.24, 2.45) is 0 Å². The van der Waals surface area contributed by atoms with Gasteiger partial charge in [0.05, 0.1) is 12.2 Å². The number of carboxylic acid groups (broad SMARTS) is 1. The quantitative estimate of drug-likeness (QED) is 0.772. The first-order valence-electron chi connectivity index (χ1n) is 5.91. The number of rotatable bonds is 1. The molecule has 1 aliphatic heterocycles. The molecule has 0 bridgehead atoms. The van der Waals surface area contributed by atoms with Gasteiger partial charge in [0, 0.05) is 6.54 Å². The number of hydrogen-bond acceptors (Lipinski definition) is 4. The molecule has 0 aromatic rings. The van der Waals surface area contributed by atoms with Crippen LogP contribution in [0.2, 0.25) is 0 Å². The van der Waals surface area contributed by atoms with Gasteiger partial charge in [0.1, 0.15) is 5.60 Å². The molecule has 104 valence electrons. The zero-order valence-electron chi connectivity index (χ0n) is 11.5. The van der Waals surface area contributed by atoms with E-state index in [0.29, 0.717) is 6.61 Å². The molecule has 1 fully saturated rings. The van der Waals surface area contributed by atoms with Gasteiger partial charge >= 0.3 is 12.1 Å². The first-order valence-corrected chi connectivity index (χ1v) is 5.91. The van der Waals surface area contributed by atoms with Crippen LogP contribution in [0.15, 0.2) is 0 Å². The number of morpholine rings is 1. The van der Waals surface area contributed by atoms with E-state index >= 15 is 0 Å². The van der Waals surface area contributed by atoms with E-state index in [4.69, 9.17) is 9.47 Å². The van der Waals surface area contributed by atoms with Crippen molar-refractivity contribution < 1.29 is 24.2 Å². The number of amides is 1. The van der Waals surface area contributed by atoms with E-state index in [9.17, 15) is 14.7 Å². The minimum atomic E-state index is -1.09. The number of carbonyl (C=O) groups is 2. The molecule has 0 aromatic carbocycles. The Morgan fingerprint density at radius 2 is 1.94 bits per heavy atom. The van der Waals surface area contributed by atoms with Gasteiger partial charge in [0.25, 0.3) is 0 Å². The van der Waals surface area contributed by atoms with E-state index in [1.54, 1.807) is 34.6 Å². The van der Waals surface area contributed by atoms with Crippen LogP contribution in [0.25, 0.3) is 0 Å². The largest absolute Gasteiger partial charge is 0.480 e. The monoisotopic (exact) mass is 259 g/mol. The van der Waals surface area contributed by atoms with Crippen molar-refractivity contribution in [3.63, 3.8) is 0 Å².